The average Bonchev–Trinajstić information content (AvgIpc) is 2.42. The van der Waals surface area contributed by atoms with Crippen LogP contribution in [0, 0.1) is 0 Å². The minimum Gasteiger partial charge on any atom is -0.468 e. The van der Waals surface area contributed by atoms with E-state index in [1.54, 1.807) is 7.11 Å². The molecule has 0 rings (SSSR count). The van der Waals surface area contributed by atoms with Crippen LogP contribution in [0.2, 0.25) is 0 Å². The Morgan fingerprint density at radius 1 is 1.10 bits per heavy atom. The van der Waals surface area contributed by atoms with Gasteiger partial charge in [-0.05, 0) is 46.6 Å². The topological polar surface area (TPSA) is 56.8 Å². The maximum atomic E-state index is 11.8. The minimum absolute atomic E-state index is 0.149. The Labute approximate surface area is 123 Å². The highest BCUT2D eigenvalue weighted by atomic mass is 16.5. The van der Waals surface area contributed by atoms with Crippen LogP contribution in [0.25, 0.3) is 0 Å². The Kier molecular flexibility index (Phi) is 9.01. The molecule has 5 nitrogen and oxygen atoms in total. The van der Waals surface area contributed by atoms with Crippen LogP contribution in [0.3, 0.4) is 0 Å². The Morgan fingerprint density at radius 3 is 2.25 bits per heavy atom. The van der Waals surface area contributed by atoms with E-state index in [0.717, 1.165) is 19.4 Å². The largest absolute Gasteiger partial charge is 0.468 e. The SMILES string of the molecule is CCNC(C)(CCCOCCC(C)(C)OC)C(=O)OC. The zero-order valence-electron chi connectivity index (χ0n) is 13.9. The Morgan fingerprint density at radius 2 is 1.75 bits per heavy atom. The van der Waals surface area contributed by atoms with Crippen molar-refractivity contribution in [2.75, 3.05) is 34.0 Å². The van der Waals surface area contributed by atoms with Crippen LogP contribution in [0.4, 0.5) is 0 Å². The molecule has 0 saturated carbocycles. The van der Waals surface area contributed by atoms with Crippen molar-refractivity contribution in [2.45, 2.75) is 58.1 Å². The summed E-state index contributed by atoms with van der Waals surface area (Å²) in [6.07, 6.45) is 2.36. The Hall–Kier alpha value is -0.650. The average molecular weight is 289 g/mol. The summed E-state index contributed by atoms with van der Waals surface area (Å²) in [5.41, 5.74) is -0.775. The van der Waals surface area contributed by atoms with Gasteiger partial charge in [-0.3, -0.25) is 4.79 Å². The molecule has 1 atom stereocenters. The Bertz CT molecular complexity index is 281. The van der Waals surface area contributed by atoms with Gasteiger partial charge in [-0.1, -0.05) is 6.92 Å². The molecule has 120 valence electrons. The fourth-order valence-electron chi connectivity index (χ4n) is 1.93. The summed E-state index contributed by atoms with van der Waals surface area (Å²) in [6, 6.07) is 0. The summed E-state index contributed by atoms with van der Waals surface area (Å²) in [6.45, 7) is 9.95. The van der Waals surface area contributed by atoms with Crippen LogP contribution < -0.4 is 5.32 Å². The standard InChI is InChI=1S/C15H31NO4/c1-7-16-15(4,13(17)18-5)9-8-11-20-12-10-14(2,3)19-6/h16H,7-12H2,1-6H3. The first-order valence-corrected chi connectivity index (χ1v) is 7.27. The molecule has 0 heterocycles. The lowest BCUT2D eigenvalue weighted by molar-refractivity contribution is -0.148. The first-order chi connectivity index (χ1) is 9.31. The molecule has 0 radical (unpaired) electrons. The number of likely N-dealkylation sites (N-methyl/N-ethyl adjacent to an activating group) is 1. The number of hydrogen-bond donors (Lipinski definition) is 1. The van der Waals surface area contributed by atoms with Gasteiger partial charge >= 0.3 is 5.97 Å². The van der Waals surface area contributed by atoms with Gasteiger partial charge in [-0.15, -0.1) is 0 Å². The molecule has 0 aromatic heterocycles. The third kappa shape index (κ3) is 7.22. The van der Waals surface area contributed by atoms with Gasteiger partial charge in [-0.25, -0.2) is 0 Å². The molecule has 0 aromatic rings. The molecule has 1 unspecified atom stereocenters. The van der Waals surface area contributed by atoms with Gasteiger partial charge in [0, 0.05) is 20.3 Å². The molecule has 0 aliphatic carbocycles. The molecule has 0 bridgehead atoms. The van der Waals surface area contributed by atoms with Crippen LogP contribution >= 0.6 is 0 Å². The molecule has 0 fully saturated rings. The third-order valence-electron chi connectivity index (χ3n) is 3.57. The predicted octanol–water partition coefficient (Wildman–Crippen LogP) is 2.14. The van der Waals surface area contributed by atoms with Gasteiger partial charge in [0.15, 0.2) is 0 Å². The fourth-order valence-corrected chi connectivity index (χ4v) is 1.93. The monoisotopic (exact) mass is 289 g/mol. The summed E-state index contributed by atoms with van der Waals surface area (Å²) < 4.78 is 15.8. The van der Waals surface area contributed by atoms with E-state index in [9.17, 15) is 4.79 Å². The van der Waals surface area contributed by atoms with Gasteiger partial charge < -0.3 is 19.5 Å². The number of carbonyl (C=O) groups excluding carboxylic acids is 1. The second-order valence-electron chi connectivity index (χ2n) is 5.78. The smallest absolute Gasteiger partial charge is 0.325 e. The predicted molar refractivity (Wildman–Crippen MR) is 79.9 cm³/mol. The number of carbonyl (C=O) groups is 1. The van der Waals surface area contributed by atoms with Crippen LogP contribution in [0.5, 0.6) is 0 Å². The molecule has 0 aliphatic heterocycles. The fraction of sp³-hybridized carbons (Fsp3) is 0.933. The van der Waals surface area contributed by atoms with E-state index >= 15 is 0 Å². The molecule has 5 heteroatoms. The first-order valence-electron chi connectivity index (χ1n) is 7.27. The van der Waals surface area contributed by atoms with E-state index in [-0.39, 0.29) is 11.6 Å². The van der Waals surface area contributed by atoms with Crippen molar-refractivity contribution in [1.29, 1.82) is 0 Å². The number of rotatable bonds is 11. The zero-order valence-corrected chi connectivity index (χ0v) is 13.9. The normalized spacial score (nSPS) is 14.9. The van der Waals surface area contributed by atoms with Crippen molar-refractivity contribution in [3.8, 4) is 0 Å². The van der Waals surface area contributed by atoms with Gasteiger partial charge in [-0.2, -0.15) is 0 Å². The third-order valence-corrected chi connectivity index (χ3v) is 3.57. The molecule has 20 heavy (non-hydrogen) atoms. The molecule has 0 saturated heterocycles. The highest BCUT2D eigenvalue weighted by Crippen LogP contribution is 2.15. The van der Waals surface area contributed by atoms with E-state index in [2.05, 4.69) is 5.32 Å². The van der Waals surface area contributed by atoms with Crippen molar-refractivity contribution in [3.05, 3.63) is 0 Å². The summed E-state index contributed by atoms with van der Waals surface area (Å²) in [4.78, 5) is 11.8. The van der Waals surface area contributed by atoms with E-state index in [1.165, 1.54) is 7.11 Å². The van der Waals surface area contributed by atoms with Crippen LogP contribution in [-0.4, -0.2) is 51.1 Å². The summed E-state index contributed by atoms with van der Waals surface area (Å²) in [7, 11) is 3.12. The second kappa shape index (κ2) is 9.32. The van der Waals surface area contributed by atoms with Gasteiger partial charge in [0.05, 0.1) is 12.7 Å². The van der Waals surface area contributed by atoms with E-state index in [0.29, 0.717) is 19.6 Å². The molecule has 0 amide bonds. The number of ether oxygens (including phenoxy) is 3. The first kappa shape index (κ1) is 19.4. The van der Waals surface area contributed by atoms with Gasteiger partial charge in [0.1, 0.15) is 5.54 Å². The van der Waals surface area contributed by atoms with Crippen molar-refractivity contribution in [3.63, 3.8) is 0 Å². The zero-order chi connectivity index (χ0) is 15.6. The van der Waals surface area contributed by atoms with Gasteiger partial charge in [0.2, 0.25) is 0 Å². The van der Waals surface area contributed by atoms with Crippen LogP contribution in [0.1, 0.15) is 47.0 Å². The lowest BCUT2D eigenvalue weighted by Crippen LogP contribution is -2.50. The van der Waals surface area contributed by atoms with Crippen molar-refractivity contribution in [2.24, 2.45) is 0 Å². The minimum atomic E-state index is -0.626. The van der Waals surface area contributed by atoms with E-state index < -0.39 is 5.54 Å². The Balaban J connectivity index is 3.94. The van der Waals surface area contributed by atoms with E-state index in [4.69, 9.17) is 14.2 Å². The lowest BCUT2D eigenvalue weighted by Gasteiger charge is -2.27. The molecule has 0 spiro atoms. The van der Waals surface area contributed by atoms with Crippen molar-refractivity contribution in [1.82, 2.24) is 5.32 Å². The van der Waals surface area contributed by atoms with E-state index in [1.807, 2.05) is 27.7 Å². The number of methoxy groups -OCH3 is 2. The van der Waals surface area contributed by atoms with Crippen LogP contribution in [-0.2, 0) is 19.0 Å². The molecular weight excluding hydrogens is 258 g/mol. The molecule has 0 aliphatic rings. The molecular formula is C15H31NO4. The highest BCUT2D eigenvalue weighted by Gasteiger charge is 2.32. The van der Waals surface area contributed by atoms with Crippen LogP contribution in [0.15, 0.2) is 0 Å². The summed E-state index contributed by atoms with van der Waals surface area (Å²) in [5.74, 6) is -0.222. The lowest BCUT2D eigenvalue weighted by atomic mass is 9.96. The summed E-state index contributed by atoms with van der Waals surface area (Å²) in [5, 5.41) is 3.18. The number of esters is 1. The van der Waals surface area contributed by atoms with Gasteiger partial charge in [0.25, 0.3) is 0 Å². The summed E-state index contributed by atoms with van der Waals surface area (Å²) >= 11 is 0. The molecule has 0 aromatic carbocycles. The quantitative estimate of drug-likeness (QED) is 0.466. The van der Waals surface area contributed by atoms with Crippen molar-refractivity contribution >= 4 is 5.97 Å². The van der Waals surface area contributed by atoms with Crippen molar-refractivity contribution < 1.29 is 19.0 Å². The maximum Gasteiger partial charge on any atom is 0.325 e. The second-order valence-corrected chi connectivity index (χ2v) is 5.78. The maximum absolute atomic E-state index is 11.8. The number of hydrogen-bond acceptors (Lipinski definition) is 5. The molecule has 1 N–H and O–H groups in total. The highest BCUT2D eigenvalue weighted by molar-refractivity contribution is 5.80. The number of nitrogens with one attached hydrogen (secondary N) is 1.